The fraction of sp³-hybridized carbons (Fsp3) is 0.524. The zero-order valence-electron chi connectivity index (χ0n) is 16.7. The molecular weight excluding hydrogens is 344 g/mol. The molecule has 0 fully saturated rings. The van der Waals surface area contributed by atoms with Crippen molar-refractivity contribution in [2.24, 2.45) is 4.99 Å². The Morgan fingerprint density at radius 1 is 1.19 bits per heavy atom. The number of aliphatic imine (C=N–C) groups is 1. The smallest absolute Gasteiger partial charge is 0.163 e. The summed E-state index contributed by atoms with van der Waals surface area (Å²) in [6.45, 7) is 3.45. The molecule has 1 aromatic carbocycles. The first kappa shape index (κ1) is 21.0. The maximum atomic E-state index is 11.5. The van der Waals surface area contributed by atoms with E-state index >= 15 is 0 Å². The van der Waals surface area contributed by atoms with Crippen molar-refractivity contribution >= 4 is 18.2 Å². The highest BCUT2D eigenvalue weighted by atomic mass is 16.5. The van der Waals surface area contributed by atoms with Gasteiger partial charge in [-0.3, -0.25) is 9.79 Å². The summed E-state index contributed by atoms with van der Waals surface area (Å²) in [6, 6.07) is 3.67. The van der Waals surface area contributed by atoms with Crippen molar-refractivity contribution in [2.75, 3.05) is 34.5 Å². The van der Waals surface area contributed by atoms with Crippen LogP contribution in [0.3, 0.4) is 0 Å². The average Bonchev–Trinajstić information content (AvgIpc) is 2.99. The minimum absolute atomic E-state index is 0.205. The van der Waals surface area contributed by atoms with Crippen molar-refractivity contribution in [1.82, 2.24) is 4.90 Å². The van der Waals surface area contributed by atoms with Gasteiger partial charge < -0.3 is 19.1 Å². The molecule has 6 nitrogen and oxygen atoms in total. The van der Waals surface area contributed by atoms with Crippen LogP contribution in [0.4, 0.5) is 5.69 Å². The van der Waals surface area contributed by atoms with E-state index in [1.54, 1.807) is 26.4 Å². The zero-order chi connectivity index (χ0) is 19.6. The zero-order valence-corrected chi connectivity index (χ0v) is 16.7. The highest BCUT2D eigenvalue weighted by Crippen LogP contribution is 2.34. The Bertz CT molecular complexity index is 685. The molecule has 148 valence electrons. The largest absolute Gasteiger partial charge is 0.493 e. The van der Waals surface area contributed by atoms with Crippen LogP contribution in [-0.4, -0.2) is 57.9 Å². The number of carbonyl (C=O) groups is 1. The van der Waals surface area contributed by atoms with Crippen molar-refractivity contribution < 1.29 is 19.0 Å². The number of benzene rings is 1. The first-order valence-corrected chi connectivity index (χ1v) is 9.31. The van der Waals surface area contributed by atoms with Gasteiger partial charge in [0.1, 0.15) is 0 Å². The normalized spacial score (nSPS) is 16.7. The van der Waals surface area contributed by atoms with Gasteiger partial charge in [0, 0.05) is 38.6 Å². The lowest BCUT2D eigenvalue weighted by atomic mass is 10.1. The van der Waals surface area contributed by atoms with Crippen LogP contribution in [0.2, 0.25) is 0 Å². The minimum atomic E-state index is 0.205. The van der Waals surface area contributed by atoms with Crippen LogP contribution in [0, 0.1) is 0 Å². The molecule has 0 bridgehead atoms. The Morgan fingerprint density at radius 3 is 2.59 bits per heavy atom. The Kier molecular flexibility index (Phi) is 8.33. The molecule has 1 aliphatic rings. The maximum Gasteiger partial charge on any atom is 0.163 e. The van der Waals surface area contributed by atoms with Gasteiger partial charge in [-0.2, -0.15) is 0 Å². The van der Waals surface area contributed by atoms with Crippen molar-refractivity contribution in [3.8, 4) is 11.5 Å². The molecule has 2 rings (SSSR count). The van der Waals surface area contributed by atoms with E-state index in [2.05, 4.69) is 23.0 Å². The van der Waals surface area contributed by atoms with Gasteiger partial charge in [-0.15, -0.1) is 0 Å². The van der Waals surface area contributed by atoms with Crippen LogP contribution in [-0.2, 0) is 4.74 Å². The van der Waals surface area contributed by atoms with E-state index in [4.69, 9.17) is 14.2 Å². The van der Waals surface area contributed by atoms with E-state index in [9.17, 15) is 4.79 Å². The molecule has 1 unspecified atom stereocenters. The molecule has 0 saturated carbocycles. The summed E-state index contributed by atoms with van der Waals surface area (Å²) < 4.78 is 16.3. The summed E-state index contributed by atoms with van der Waals surface area (Å²) in [5.41, 5.74) is 2.40. The summed E-state index contributed by atoms with van der Waals surface area (Å²) in [4.78, 5) is 18.2. The van der Waals surface area contributed by atoms with Gasteiger partial charge >= 0.3 is 0 Å². The molecule has 0 aliphatic carbocycles. The molecule has 0 N–H and O–H groups in total. The number of ether oxygens (including phenoxy) is 3. The lowest BCUT2D eigenvalue weighted by molar-refractivity contribution is 0.112. The number of carbonyl (C=O) groups excluding carboxylic acids is 1. The summed E-state index contributed by atoms with van der Waals surface area (Å²) in [5.74, 6) is 1.15. The Balaban J connectivity index is 2.08. The minimum Gasteiger partial charge on any atom is -0.493 e. The van der Waals surface area contributed by atoms with Crippen LogP contribution in [0.1, 0.15) is 43.0 Å². The summed E-state index contributed by atoms with van der Waals surface area (Å²) in [6.07, 6.45) is 8.72. The van der Waals surface area contributed by atoms with E-state index < -0.39 is 0 Å². The number of unbranched alkanes of at least 4 members (excludes halogenated alkanes) is 2. The molecule has 6 heteroatoms. The van der Waals surface area contributed by atoms with Gasteiger partial charge in [0.2, 0.25) is 0 Å². The number of aldehydes is 1. The number of hydrogen-bond donors (Lipinski definition) is 0. The molecule has 0 saturated heterocycles. The van der Waals surface area contributed by atoms with E-state index in [0.717, 1.165) is 38.6 Å². The highest BCUT2D eigenvalue weighted by molar-refractivity contribution is 5.87. The summed E-state index contributed by atoms with van der Waals surface area (Å²) >= 11 is 0. The first-order valence-electron chi connectivity index (χ1n) is 9.31. The monoisotopic (exact) mass is 374 g/mol. The second-order valence-corrected chi connectivity index (χ2v) is 6.77. The van der Waals surface area contributed by atoms with Gasteiger partial charge in [-0.1, -0.05) is 5.57 Å². The molecule has 27 heavy (non-hydrogen) atoms. The number of nitrogens with zero attached hydrogens (tertiary/aromatic N) is 2. The van der Waals surface area contributed by atoms with Crippen LogP contribution in [0.15, 0.2) is 28.9 Å². The second kappa shape index (κ2) is 10.7. The van der Waals surface area contributed by atoms with Gasteiger partial charge in [-0.25, -0.2) is 0 Å². The topological polar surface area (TPSA) is 60.4 Å². The van der Waals surface area contributed by atoms with E-state index in [-0.39, 0.29) is 6.04 Å². The van der Waals surface area contributed by atoms with Gasteiger partial charge in [0.05, 0.1) is 25.4 Å². The number of hydrogen-bond acceptors (Lipinski definition) is 6. The molecule has 0 spiro atoms. The van der Waals surface area contributed by atoms with Gasteiger partial charge in [-0.05, 0) is 44.9 Å². The van der Waals surface area contributed by atoms with Crippen molar-refractivity contribution in [2.45, 2.75) is 38.6 Å². The van der Waals surface area contributed by atoms with Crippen molar-refractivity contribution in [3.05, 3.63) is 29.5 Å². The van der Waals surface area contributed by atoms with Gasteiger partial charge in [0.25, 0.3) is 0 Å². The second-order valence-electron chi connectivity index (χ2n) is 6.77. The Hall–Kier alpha value is -2.34. The average molecular weight is 374 g/mol. The SMILES string of the molecule is COCCCCCOc1cc(N=CC2CC(C)=CN2C)c(C=O)cc1OC. The van der Waals surface area contributed by atoms with Gasteiger partial charge in [0.15, 0.2) is 17.8 Å². The Morgan fingerprint density at radius 2 is 1.96 bits per heavy atom. The lowest BCUT2D eigenvalue weighted by Gasteiger charge is -2.16. The third-order valence-electron chi connectivity index (χ3n) is 4.55. The molecule has 1 aliphatic heterocycles. The van der Waals surface area contributed by atoms with Crippen LogP contribution < -0.4 is 9.47 Å². The molecule has 0 amide bonds. The van der Waals surface area contributed by atoms with Crippen LogP contribution in [0.25, 0.3) is 0 Å². The fourth-order valence-corrected chi connectivity index (χ4v) is 3.04. The number of rotatable bonds is 11. The molecule has 1 atom stereocenters. The molecule has 1 aromatic rings. The lowest BCUT2D eigenvalue weighted by Crippen LogP contribution is -2.23. The fourth-order valence-electron chi connectivity index (χ4n) is 3.04. The highest BCUT2D eigenvalue weighted by Gasteiger charge is 2.17. The Labute approximate surface area is 161 Å². The molecular formula is C21H30N2O4. The number of methoxy groups -OCH3 is 2. The maximum absolute atomic E-state index is 11.5. The molecule has 0 radical (unpaired) electrons. The van der Waals surface area contributed by atoms with Crippen molar-refractivity contribution in [3.63, 3.8) is 0 Å². The summed E-state index contributed by atoms with van der Waals surface area (Å²) in [7, 11) is 5.30. The van der Waals surface area contributed by atoms with E-state index in [0.29, 0.717) is 29.4 Å². The molecule has 1 heterocycles. The standard InChI is InChI=1S/C21H30N2O4/c1-16-10-18(23(2)14-16)13-22-19-12-21(20(26-4)11-17(19)15-24)27-9-7-5-6-8-25-3/h11-15,18H,5-10H2,1-4H3. The van der Waals surface area contributed by atoms with Crippen molar-refractivity contribution in [1.29, 1.82) is 0 Å². The van der Waals surface area contributed by atoms with E-state index in [1.165, 1.54) is 5.57 Å². The third-order valence-corrected chi connectivity index (χ3v) is 4.55. The quantitative estimate of drug-likeness (QED) is 0.333. The predicted octanol–water partition coefficient (Wildman–Crippen LogP) is 4.01. The predicted molar refractivity (Wildman–Crippen MR) is 108 cm³/mol. The molecule has 0 aromatic heterocycles. The van der Waals surface area contributed by atoms with E-state index in [1.807, 2.05) is 13.3 Å². The summed E-state index contributed by atoms with van der Waals surface area (Å²) in [5, 5.41) is 0. The van der Waals surface area contributed by atoms with Crippen LogP contribution >= 0.6 is 0 Å². The van der Waals surface area contributed by atoms with Crippen LogP contribution in [0.5, 0.6) is 11.5 Å². The third kappa shape index (κ3) is 6.10. The first-order chi connectivity index (χ1) is 13.1.